The summed E-state index contributed by atoms with van der Waals surface area (Å²) in [5.41, 5.74) is -0.421. The molecule has 0 fully saturated rings. The Balaban J connectivity index is 1.70. The second-order valence-electron chi connectivity index (χ2n) is 6.59. The van der Waals surface area contributed by atoms with Gasteiger partial charge in [0.15, 0.2) is 6.61 Å². The van der Waals surface area contributed by atoms with Crippen LogP contribution in [0.3, 0.4) is 0 Å². The van der Waals surface area contributed by atoms with Crippen LogP contribution in [0.5, 0.6) is 0 Å². The van der Waals surface area contributed by atoms with Crippen LogP contribution in [-0.4, -0.2) is 23.6 Å². The van der Waals surface area contributed by atoms with Crippen molar-refractivity contribution in [1.82, 2.24) is 10.5 Å². The minimum absolute atomic E-state index is 0.00948. The molecule has 0 saturated carbocycles. The van der Waals surface area contributed by atoms with Crippen LogP contribution in [0.25, 0.3) is 11.3 Å². The van der Waals surface area contributed by atoms with E-state index in [0.29, 0.717) is 6.07 Å². The highest BCUT2D eigenvalue weighted by Gasteiger charge is 2.27. The molecule has 1 N–H and O–H groups in total. The van der Waals surface area contributed by atoms with Gasteiger partial charge in [0.05, 0.1) is 16.6 Å². The summed E-state index contributed by atoms with van der Waals surface area (Å²) in [6.07, 6.45) is 0. The number of benzene rings is 2. The highest BCUT2D eigenvalue weighted by molar-refractivity contribution is 6.33. The lowest BCUT2D eigenvalue weighted by atomic mass is 10.1. The first kappa shape index (κ1) is 22.4. The van der Waals surface area contributed by atoms with Gasteiger partial charge >= 0.3 is 5.97 Å². The second-order valence-corrected chi connectivity index (χ2v) is 7.00. The highest BCUT2D eigenvalue weighted by atomic mass is 35.5. The fourth-order valence-corrected chi connectivity index (χ4v) is 3.18. The Labute approximate surface area is 179 Å². The van der Waals surface area contributed by atoms with Gasteiger partial charge in [0.1, 0.15) is 34.5 Å². The molecule has 0 aliphatic carbocycles. The Bertz CT molecular complexity index is 1130. The summed E-state index contributed by atoms with van der Waals surface area (Å²) in [5.74, 6) is -3.96. The molecule has 2 aromatic carbocycles. The summed E-state index contributed by atoms with van der Waals surface area (Å²) in [4.78, 5) is 24.6. The number of rotatable bonds is 6. The number of carbonyl (C=O) groups excluding carboxylic acids is 2. The van der Waals surface area contributed by atoms with Crippen LogP contribution < -0.4 is 5.32 Å². The normalized spacial score (nSPS) is 11.8. The van der Waals surface area contributed by atoms with Gasteiger partial charge in [-0.05, 0) is 32.0 Å². The highest BCUT2D eigenvalue weighted by Crippen LogP contribution is 2.33. The molecule has 0 aliphatic rings. The summed E-state index contributed by atoms with van der Waals surface area (Å²) < 4.78 is 51.1. The Hall–Kier alpha value is -3.33. The molecule has 1 unspecified atom stereocenters. The summed E-state index contributed by atoms with van der Waals surface area (Å²) >= 11 is 6.02. The first-order chi connectivity index (χ1) is 14.7. The predicted octanol–water partition coefficient (Wildman–Crippen LogP) is 4.75. The number of hydrogen-bond donors (Lipinski definition) is 1. The van der Waals surface area contributed by atoms with E-state index in [1.807, 2.05) is 0 Å². The van der Waals surface area contributed by atoms with Crippen LogP contribution in [0.4, 0.5) is 13.2 Å². The van der Waals surface area contributed by atoms with Crippen LogP contribution in [0.1, 0.15) is 34.6 Å². The number of halogens is 4. The maximum absolute atomic E-state index is 14.2. The van der Waals surface area contributed by atoms with Crippen LogP contribution >= 0.6 is 11.6 Å². The fraction of sp³-hybridized carbons (Fsp3) is 0.190. The number of amides is 1. The third-order valence-electron chi connectivity index (χ3n) is 4.41. The van der Waals surface area contributed by atoms with Gasteiger partial charge in [-0.2, -0.15) is 0 Å². The van der Waals surface area contributed by atoms with E-state index < -0.39 is 42.0 Å². The quantitative estimate of drug-likeness (QED) is 0.546. The van der Waals surface area contributed by atoms with Gasteiger partial charge in [0.2, 0.25) is 0 Å². The maximum atomic E-state index is 14.2. The molecule has 0 radical (unpaired) electrons. The molecule has 6 nitrogen and oxygen atoms in total. The number of nitrogens with one attached hydrogen (secondary N) is 1. The molecule has 10 heteroatoms. The van der Waals surface area contributed by atoms with Crippen molar-refractivity contribution in [3.63, 3.8) is 0 Å². The van der Waals surface area contributed by atoms with Crippen LogP contribution in [0.15, 0.2) is 40.9 Å². The molecule has 0 spiro atoms. The number of aromatic nitrogens is 1. The van der Waals surface area contributed by atoms with E-state index in [2.05, 4.69) is 10.5 Å². The van der Waals surface area contributed by atoms with Gasteiger partial charge in [0, 0.05) is 11.6 Å². The van der Waals surface area contributed by atoms with Gasteiger partial charge < -0.3 is 14.6 Å². The minimum atomic E-state index is -0.983. The molecule has 3 aromatic rings. The number of ether oxygens (including phenoxy) is 1. The van der Waals surface area contributed by atoms with Crippen molar-refractivity contribution in [2.75, 3.05) is 6.61 Å². The lowest BCUT2D eigenvalue weighted by Gasteiger charge is -2.15. The van der Waals surface area contributed by atoms with Gasteiger partial charge in [-0.25, -0.2) is 18.0 Å². The van der Waals surface area contributed by atoms with Gasteiger partial charge in [-0.15, -0.1) is 0 Å². The summed E-state index contributed by atoms with van der Waals surface area (Å²) in [5, 5.41) is 6.13. The number of carbonyl (C=O) groups is 2. The zero-order valence-electron chi connectivity index (χ0n) is 16.3. The van der Waals surface area contributed by atoms with Crippen LogP contribution in [-0.2, 0) is 9.53 Å². The van der Waals surface area contributed by atoms with Gasteiger partial charge in [0.25, 0.3) is 5.91 Å². The molecule has 0 saturated heterocycles. The number of hydrogen-bond acceptors (Lipinski definition) is 5. The standard InChI is InChI=1S/C21H16ClF3N2O4/c1-10(13-7-6-12(23)8-16(13)25)26-17(28)9-30-21(29)18-11(2)31-27-20(18)19-14(22)4-3-5-15(19)24/h3-8,10H,9H2,1-2H3,(H,26,28). The van der Waals surface area contributed by atoms with Crippen molar-refractivity contribution in [1.29, 1.82) is 0 Å². The lowest BCUT2D eigenvalue weighted by molar-refractivity contribution is -0.124. The largest absolute Gasteiger partial charge is 0.452 e. The van der Waals surface area contributed by atoms with E-state index in [1.54, 1.807) is 0 Å². The number of nitrogens with zero attached hydrogens (tertiary/aromatic N) is 1. The van der Waals surface area contributed by atoms with Crippen molar-refractivity contribution < 1.29 is 32.0 Å². The van der Waals surface area contributed by atoms with Crippen LogP contribution in [0, 0.1) is 24.4 Å². The molecule has 1 atom stereocenters. The molecule has 3 rings (SSSR count). The van der Waals surface area contributed by atoms with E-state index in [0.717, 1.165) is 12.1 Å². The molecule has 162 valence electrons. The smallest absolute Gasteiger partial charge is 0.344 e. The molecule has 0 aliphatic heterocycles. The Morgan fingerprint density at radius 1 is 1.19 bits per heavy atom. The fourth-order valence-electron chi connectivity index (χ4n) is 2.92. The zero-order valence-corrected chi connectivity index (χ0v) is 17.1. The Morgan fingerprint density at radius 3 is 2.61 bits per heavy atom. The predicted molar refractivity (Wildman–Crippen MR) is 105 cm³/mol. The minimum Gasteiger partial charge on any atom is -0.452 e. The maximum Gasteiger partial charge on any atom is 0.344 e. The van der Waals surface area contributed by atoms with Crippen molar-refractivity contribution in [2.24, 2.45) is 0 Å². The molecule has 1 heterocycles. The van der Waals surface area contributed by atoms with E-state index in [4.69, 9.17) is 20.9 Å². The average molecular weight is 453 g/mol. The third-order valence-corrected chi connectivity index (χ3v) is 4.72. The summed E-state index contributed by atoms with van der Waals surface area (Å²) in [7, 11) is 0. The van der Waals surface area contributed by atoms with E-state index in [-0.39, 0.29) is 33.2 Å². The average Bonchev–Trinajstić information content (AvgIpc) is 3.07. The lowest BCUT2D eigenvalue weighted by Crippen LogP contribution is -2.31. The van der Waals surface area contributed by atoms with E-state index in [9.17, 15) is 22.8 Å². The SMILES string of the molecule is Cc1onc(-c2c(F)cccc2Cl)c1C(=O)OCC(=O)NC(C)c1ccc(F)cc1F. The van der Waals surface area contributed by atoms with Crippen molar-refractivity contribution in [3.05, 3.63) is 75.8 Å². The molecule has 1 aromatic heterocycles. The number of esters is 1. The monoisotopic (exact) mass is 452 g/mol. The number of aryl methyl sites for hydroxylation is 1. The second kappa shape index (κ2) is 9.22. The van der Waals surface area contributed by atoms with Crippen molar-refractivity contribution >= 4 is 23.5 Å². The van der Waals surface area contributed by atoms with Gasteiger partial charge in [-0.1, -0.05) is 28.9 Å². The summed E-state index contributed by atoms with van der Waals surface area (Å²) in [6.45, 7) is 2.20. The first-order valence-electron chi connectivity index (χ1n) is 9.01. The van der Waals surface area contributed by atoms with Crippen molar-refractivity contribution in [2.45, 2.75) is 19.9 Å². The molecular weight excluding hydrogens is 437 g/mol. The Morgan fingerprint density at radius 2 is 1.94 bits per heavy atom. The summed E-state index contributed by atoms with van der Waals surface area (Å²) in [6, 6.07) is 6.10. The Kier molecular flexibility index (Phi) is 6.65. The molecule has 0 bridgehead atoms. The topological polar surface area (TPSA) is 81.4 Å². The van der Waals surface area contributed by atoms with E-state index in [1.165, 1.54) is 32.0 Å². The van der Waals surface area contributed by atoms with Crippen molar-refractivity contribution in [3.8, 4) is 11.3 Å². The van der Waals surface area contributed by atoms with Crippen LogP contribution in [0.2, 0.25) is 5.02 Å². The van der Waals surface area contributed by atoms with E-state index >= 15 is 0 Å². The zero-order chi connectivity index (χ0) is 22.7. The molecule has 1 amide bonds. The van der Waals surface area contributed by atoms with Gasteiger partial charge in [-0.3, -0.25) is 4.79 Å². The third kappa shape index (κ3) is 4.88. The molecular formula is C21H16ClF3N2O4. The first-order valence-corrected chi connectivity index (χ1v) is 9.39. The molecule has 31 heavy (non-hydrogen) atoms.